The fraction of sp³-hybridized carbons (Fsp3) is 0.600. The lowest BCUT2D eigenvalue weighted by atomic mass is 9.98. The van der Waals surface area contributed by atoms with Crippen molar-refractivity contribution in [2.75, 3.05) is 39.4 Å². The number of imidazole rings is 1. The van der Waals surface area contributed by atoms with Crippen LogP contribution in [-0.2, 0) is 4.74 Å². The van der Waals surface area contributed by atoms with Gasteiger partial charge in [0.05, 0.1) is 13.2 Å². The predicted molar refractivity (Wildman–Crippen MR) is 100 cm³/mol. The number of carbonyl (C=O) groups is 1. The Morgan fingerprint density at radius 3 is 2.89 bits per heavy atom. The van der Waals surface area contributed by atoms with E-state index in [9.17, 15) is 9.18 Å². The Hall–Kier alpha value is -1.99. The van der Waals surface area contributed by atoms with Gasteiger partial charge in [0.2, 0.25) is 5.95 Å². The number of fused-ring (bicyclic) bond motifs is 1. The summed E-state index contributed by atoms with van der Waals surface area (Å²) in [5, 5.41) is 0. The van der Waals surface area contributed by atoms with E-state index >= 15 is 0 Å². The summed E-state index contributed by atoms with van der Waals surface area (Å²) < 4.78 is 21.6. The van der Waals surface area contributed by atoms with E-state index in [0.717, 1.165) is 64.1 Å². The van der Waals surface area contributed by atoms with Gasteiger partial charge in [-0.2, -0.15) is 4.39 Å². The molecule has 0 aliphatic carbocycles. The quantitative estimate of drug-likeness (QED) is 0.825. The molecule has 2 aromatic heterocycles. The Morgan fingerprint density at radius 2 is 2.07 bits per heavy atom. The number of ether oxygens (including phenoxy) is 1. The van der Waals surface area contributed by atoms with Gasteiger partial charge in [-0.1, -0.05) is 6.07 Å². The lowest BCUT2D eigenvalue weighted by Crippen LogP contribution is -2.46. The second-order valence-electron chi connectivity index (χ2n) is 7.58. The van der Waals surface area contributed by atoms with Crippen LogP contribution in [0.3, 0.4) is 0 Å². The number of hydrogen-bond donors (Lipinski definition) is 0. The van der Waals surface area contributed by atoms with Crippen molar-refractivity contribution in [1.82, 2.24) is 19.2 Å². The van der Waals surface area contributed by atoms with Crippen molar-refractivity contribution in [1.29, 1.82) is 0 Å². The third-order valence-corrected chi connectivity index (χ3v) is 5.68. The zero-order valence-electron chi connectivity index (χ0n) is 15.9. The van der Waals surface area contributed by atoms with E-state index in [2.05, 4.69) is 9.88 Å². The summed E-state index contributed by atoms with van der Waals surface area (Å²) in [6.07, 6.45) is 5.66. The maximum absolute atomic E-state index is 14.8. The first-order valence-corrected chi connectivity index (χ1v) is 9.89. The smallest absolute Gasteiger partial charge is 0.277 e. The first-order chi connectivity index (χ1) is 13.1. The van der Waals surface area contributed by atoms with E-state index in [1.165, 1.54) is 4.40 Å². The molecule has 0 aromatic carbocycles. The van der Waals surface area contributed by atoms with Crippen LogP contribution in [-0.4, -0.2) is 70.5 Å². The van der Waals surface area contributed by atoms with Gasteiger partial charge in [-0.05, 0) is 44.2 Å². The van der Waals surface area contributed by atoms with Crippen LogP contribution < -0.4 is 0 Å². The van der Waals surface area contributed by atoms with Gasteiger partial charge in [0.15, 0.2) is 5.69 Å². The number of nitrogens with zero attached hydrogens (tertiary/aromatic N) is 4. The van der Waals surface area contributed by atoms with Gasteiger partial charge in [-0.3, -0.25) is 14.1 Å². The Kier molecular flexibility index (Phi) is 5.41. The molecule has 0 unspecified atom stereocenters. The maximum atomic E-state index is 14.8. The number of piperidine rings is 1. The van der Waals surface area contributed by atoms with Crippen LogP contribution in [0, 0.1) is 12.9 Å². The van der Waals surface area contributed by atoms with E-state index in [4.69, 9.17) is 4.74 Å². The first kappa shape index (κ1) is 18.4. The molecule has 2 fully saturated rings. The van der Waals surface area contributed by atoms with Gasteiger partial charge in [-0.25, -0.2) is 4.98 Å². The Labute approximate surface area is 158 Å². The van der Waals surface area contributed by atoms with E-state index in [1.54, 1.807) is 12.3 Å². The second kappa shape index (κ2) is 7.94. The minimum Gasteiger partial charge on any atom is -0.379 e. The number of aryl methyl sites for hydroxylation is 1. The molecule has 0 N–H and O–H groups in total. The summed E-state index contributed by atoms with van der Waals surface area (Å²) in [4.78, 5) is 21.6. The Bertz CT molecular complexity index is 816. The molecular formula is C20H27FN4O2. The number of likely N-dealkylation sites (tertiary alicyclic amines) is 1. The minimum absolute atomic E-state index is 0.0566. The van der Waals surface area contributed by atoms with Gasteiger partial charge < -0.3 is 9.64 Å². The summed E-state index contributed by atoms with van der Waals surface area (Å²) >= 11 is 0. The molecule has 1 atom stereocenters. The van der Waals surface area contributed by atoms with Crippen molar-refractivity contribution >= 4 is 11.6 Å². The molecule has 0 radical (unpaired) electrons. The van der Waals surface area contributed by atoms with Crippen molar-refractivity contribution in [3.05, 3.63) is 35.5 Å². The van der Waals surface area contributed by atoms with Gasteiger partial charge in [-0.15, -0.1) is 0 Å². The largest absolute Gasteiger partial charge is 0.379 e. The van der Waals surface area contributed by atoms with Crippen molar-refractivity contribution in [2.45, 2.75) is 38.6 Å². The number of carbonyl (C=O) groups excluding carboxylic acids is 1. The SMILES string of the molecule is Cc1ccc2nc(C(=O)N3CCCC[C@@H]3CCN3CCOCC3)c(F)n2c1. The number of hydrogen-bond acceptors (Lipinski definition) is 4. The molecule has 1 amide bonds. The van der Waals surface area contributed by atoms with E-state index in [-0.39, 0.29) is 17.6 Å². The molecule has 146 valence electrons. The van der Waals surface area contributed by atoms with Crippen LogP contribution in [0.4, 0.5) is 4.39 Å². The van der Waals surface area contributed by atoms with Gasteiger partial charge >= 0.3 is 0 Å². The molecule has 0 bridgehead atoms. The summed E-state index contributed by atoms with van der Waals surface area (Å²) in [5.74, 6) is -0.836. The predicted octanol–water partition coefficient (Wildman–Crippen LogP) is 2.50. The summed E-state index contributed by atoms with van der Waals surface area (Å²) in [6.45, 7) is 6.97. The molecule has 0 spiro atoms. The molecule has 0 saturated carbocycles. The number of halogens is 1. The standard InChI is InChI=1S/C20H27FN4O2/c1-15-5-6-17-22-18(19(21)25(17)14-15)20(26)24-8-3-2-4-16(24)7-9-23-10-12-27-13-11-23/h5-6,14,16H,2-4,7-13H2,1H3/t16-/m1/s1. The van der Waals surface area contributed by atoms with Gasteiger partial charge in [0, 0.05) is 38.4 Å². The van der Waals surface area contributed by atoms with Crippen LogP contribution in [0.15, 0.2) is 18.3 Å². The second-order valence-corrected chi connectivity index (χ2v) is 7.58. The van der Waals surface area contributed by atoms with Crippen LogP contribution in [0.1, 0.15) is 41.7 Å². The van der Waals surface area contributed by atoms with Gasteiger partial charge in [0.1, 0.15) is 5.65 Å². The van der Waals surface area contributed by atoms with Crippen LogP contribution in [0.5, 0.6) is 0 Å². The van der Waals surface area contributed by atoms with Crippen molar-refractivity contribution in [3.8, 4) is 0 Å². The average molecular weight is 374 g/mol. The molecule has 2 aromatic rings. The lowest BCUT2D eigenvalue weighted by Gasteiger charge is -2.37. The first-order valence-electron chi connectivity index (χ1n) is 9.89. The van der Waals surface area contributed by atoms with Gasteiger partial charge in [0.25, 0.3) is 5.91 Å². The normalized spacial score (nSPS) is 21.7. The molecular weight excluding hydrogens is 347 g/mol. The van der Waals surface area contributed by atoms with Crippen LogP contribution in [0.2, 0.25) is 0 Å². The number of morpholine rings is 1. The highest BCUT2D eigenvalue weighted by atomic mass is 19.1. The van der Waals surface area contributed by atoms with Crippen LogP contribution >= 0.6 is 0 Å². The molecule has 27 heavy (non-hydrogen) atoms. The summed E-state index contributed by atoms with van der Waals surface area (Å²) in [5.41, 5.74) is 1.35. The van der Waals surface area contributed by atoms with Crippen molar-refractivity contribution in [3.63, 3.8) is 0 Å². The average Bonchev–Trinajstić information content (AvgIpc) is 3.03. The highest BCUT2D eigenvalue weighted by Crippen LogP contribution is 2.24. The van der Waals surface area contributed by atoms with Crippen molar-refractivity contribution < 1.29 is 13.9 Å². The molecule has 7 heteroatoms. The molecule has 2 saturated heterocycles. The van der Waals surface area contributed by atoms with E-state index < -0.39 is 5.95 Å². The highest BCUT2D eigenvalue weighted by molar-refractivity contribution is 5.93. The zero-order valence-corrected chi connectivity index (χ0v) is 15.9. The monoisotopic (exact) mass is 374 g/mol. The number of rotatable bonds is 4. The van der Waals surface area contributed by atoms with E-state index in [0.29, 0.717) is 12.2 Å². The molecule has 4 heterocycles. The summed E-state index contributed by atoms with van der Waals surface area (Å²) in [7, 11) is 0. The highest BCUT2D eigenvalue weighted by Gasteiger charge is 2.31. The third kappa shape index (κ3) is 3.84. The van der Waals surface area contributed by atoms with E-state index in [1.807, 2.05) is 17.9 Å². The molecule has 4 rings (SSSR count). The minimum atomic E-state index is -0.559. The number of aromatic nitrogens is 2. The number of amides is 1. The Balaban J connectivity index is 1.51. The third-order valence-electron chi connectivity index (χ3n) is 5.68. The molecule has 2 aliphatic rings. The fourth-order valence-electron chi connectivity index (χ4n) is 4.12. The van der Waals surface area contributed by atoms with Crippen molar-refractivity contribution in [2.24, 2.45) is 0 Å². The fourth-order valence-corrected chi connectivity index (χ4v) is 4.12. The van der Waals surface area contributed by atoms with Crippen LogP contribution in [0.25, 0.3) is 5.65 Å². The molecule has 2 aliphatic heterocycles. The number of pyridine rings is 1. The summed E-state index contributed by atoms with van der Waals surface area (Å²) in [6, 6.07) is 3.78. The maximum Gasteiger partial charge on any atom is 0.277 e. The Morgan fingerprint density at radius 1 is 1.26 bits per heavy atom. The topological polar surface area (TPSA) is 50.1 Å². The lowest BCUT2D eigenvalue weighted by molar-refractivity contribution is 0.0294. The molecule has 6 nitrogen and oxygen atoms in total. The zero-order chi connectivity index (χ0) is 18.8.